The third-order valence-corrected chi connectivity index (χ3v) is 7.05. The molecule has 1 aromatic carbocycles. The molecule has 2 atom stereocenters. The van der Waals surface area contributed by atoms with E-state index in [1.54, 1.807) is 0 Å². The van der Waals surface area contributed by atoms with Crippen LogP contribution in [0.2, 0.25) is 0 Å². The van der Waals surface area contributed by atoms with E-state index in [4.69, 9.17) is 4.74 Å². The Morgan fingerprint density at radius 2 is 1.72 bits per heavy atom. The monoisotopic (exact) mass is 409 g/mol. The van der Waals surface area contributed by atoms with Crippen LogP contribution in [0.1, 0.15) is 44.1 Å². The second-order valence-corrected chi connectivity index (χ2v) is 8.71. The van der Waals surface area contributed by atoms with E-state index in [1.165, 1.54) is 38.8 Å². The Labute approximate surface area is 162 Å². The predicted molar refractivity (Wildman–Crippen MR) is 95.5 cm³/mol. The second kappa shape index (κ2) is 7.67. The van der Waals surface area contributed by atoms with E-state index >= 15 is 0 Å². The largest absolute Gasteiger partial charge is 1.00 e. The Hall–Kier alpha value is -0.420. The Morgan fingerprint density at radius 3 is 2.32 bits per heavy atom. The average molecular weight is 410 g/mol. The number of fused-ring (bicyclic) bond motifs is 3. The van der Waals surface area contributed by atoms with Crippen LogP contribution in [0.3, 0.4) is 0 Å². The summed E-state index contributed by atoms with van der Waals surface area (Å²) in [6.45, 7) is 4.19. The van der Waals surface area contributed by atoms with Gasteiger partial charge in [-0.05, 0) is 24.3 Å². The van der Waals surface area contributed by atoms with E-state index in [9.17, 15) is 5.11 Å². The summed E-state index contributed by atoms with van der Waals surface area (Å²) in [7, 11) is 2.37. The van der Waals surface area contributed by atoms with Crippen LogP contribution in [0.25, 0.3) is 0 Å². The predicted octanol–water partition coefficient (Wildman–Crippen LogP) is 0.324. The molecule has 5 rings (SSSR count). The van der Waals surface area contributed by atoms with Gasteiger partial charge in [-0.3, -0.25) is 0 Å². The molecule has 0 spiro atoms. The van der Waals surface area contributed by atoms with Crippen LogP contribution in [-0.2, 0) is 10.3 Å². The Kier molecular flexibility index (Phi) is 5.94. The van der Waals surface area contributed by atoms with Gasteiger partial charge in [-0.15, -0.1) is 0 Å². The first kappa shape index (κ1) is 19.3. The summed E-state index contributed by atoms with van der Waals surface area (Å²) in [5.74, 6) is 1.04. The molecule has 3 nitrogen and oxygen atoms in total. The SMILES string of the molecule is C[N+]12CCC(CC1)[C@@H](OC[C@](O)(c1ccccc1)C1CCCC1)C2.[Br-]. The molecule has 0 amide bonds. The van der Waals surface area contributed by atoms with Crippen molar-refractivity contribution in [2.45, 2.75) is 50.2 Å². The molecule has 1 aromatic rings. The highest BCUT2D eigenvalue weighted by Gasteiger charge is 2.46. The fraction of sp³-hybridized carbons (Fsp3) is 0.714. The summed E-state index contributed by atoms with van der Waals surface area (Å²) < 4.78 is 7.61. The van der Waals surface area contributed by atoms with Crippen molar-refractivity contribution in [3.8, 4) is 0 Å². The summed E-state index contributed by atoms with van der Waals surface area (Å²) in [6, 6.07) is 10.3. The smallest absolute Gasteiger partial charge is 0.116 e. The van der Waals surface area contributed by atoms with Gasteiger partial charge < -0.3 is 31.3 Å². The number of nitrogens with zero attached hydrogens (tertiary/aromatic N) is 1. The molecule has 3 aliphatic heterocycles. The van der Waals surface area contributed by atoms with Crippen molar-refractivity contribution >= 4 is 0 Å². The molecule has 4 fully saturated rings. The quantitative estimate of drug-likeness (QED) is 0.709. The normalized spacial score (nSPS) is 34.5. The van der Waals surface area contributed by atoms with Crippen molar-refractivity contribution in [1.82, 2.24) is 0 Å². The summed E-state index contributed by atoms with van der Waals surface area (Å²) in [5.41, 5.74) is 0.223. The lowest BCUT2D eigenvalue weighted by atomic mass is 9.80. The number of likely N-dealkylation sites (N-methyl/N-ethyl adjacent to an activating group) is 1. The van der Waals surface area contributed by atoms with Gasteiger partial charge in [0.1, 0.15) is 18.2 Å². The van der Waals surface area contributed by atoms with Crippen LogP contribution in [-0.4, -0.2) is 49.0 Å². The Morgan fingerprint density at radius 1 is 1.08 bits per heavy atom. The maximum Gasteiger partial charge on any atom is 0.116 e. The number of piperidine rings is 3. The molecule has 3 heterocycles. The van der Waals surface area contributed by atoms with Crippen LogP contribution < -0.4 is 17.0 Å². The van der Waals surface area contributed by atoms with Gasteiger partial charge in [-0.25, -0.2) is 0 Å². The summed E-state index contributed by atoms with van der Waals surface area (Å²) >= 11 is 0. The molecular weight excluding hydrogens is 378 g/mol. The third-order valence-electron chi connectivity index (χ3n) is 7.05. The van der Waals surface area contributed by atoms with Crippen molar-refractivity contribution in [1.29, 1.82) is 0 Å². The van der Waals surface area contributed by atoms with Gasteiger partial charge in [0.2, 0.25) is 0 Å². The maximum atomic E-state index is 11.6. The molecule has 140 valence electrons. The fourth-order valence-electron chi connectivity index (χ4n) is 5.34. The van der Waals surface area contributed by atoms with E-state index in [0.717, 1.165) is 29.4 Å². The number of hydrogen-bond donors (Lipinski definition) is 1. The average Bonchev–Trinajstić information content (AvgIpc) is 3.16. The molecule has 3 saturated heterocycles. The number of quaternary nitrogens is 1. The first-order valence-corrected chi connectivity index (χ1v) is 9.82. The highest BCUT2D eigenvalue weighted by molar-refractivity contribution is 5.24. The van der Waals surface area contributed by atoms with Crippen LogP contribution in [0, 0.1) is 11.8 Å². The van der Waals surface area contributed by atoms with Crippen LogP contribution in [0.5, 0.6) is 0 Å². The number of hydrogen-bond acceptors (Lipinski definition) is 2. The molecule has 0 radical (unpaired) electrons. The van der Waals surface area contributed by atoms with Gasteiger partial charge in [-0.1, -0.05) is 43.2 Å². The van der Waals surface area contributed by atoms with Gasteiger partial charge in [0.05, 0.1) is 26.7 Å². The number of benzene rings is 1. The third kappa shape index (κ3) is 3.83. The number of halogens is 1. The van der Waals surface area contributed by atoms with Crippen molar-refractivity contribution < 1.29 is 31.3 Å². The van der Waals surface area contributed by atoms with Gasteiger partial charge in [0.25, 0.3) is 0 Å². The van der Waals surface area contributed by atoms with E-state index in [0.29, 0.717) is 24.5 Å². The highest BCUT2D eigenvalue weighted by atomic mass is 79.9. The second-order valence-electron chi connectivity index (χ2n) is 8.71. The number of rotatable bonds is 5. The topological polar surface area (TPSA) is 29.5 Å². The molecule has 25 heavy (non-hydrogen) atoms. The zero-order valence-corrected chi connectivity index (χ0v) is 17.0. The van der Waals surface area contributed by atoms with Gasteiger partial charge in [-0.2, -0.15) is 0 Å². The molecule has 1 N–H and O–H groups in total. The minimum atomic E-state index is -0.817. The summed E-state index contributed by atoms with van der Waals surface area (Å²) in [5, 5.41) is 11.6. The minimum absolute atomic E-state index is 0. The molecule has 0 unspecified atom stereocenters. The highest BCUT2D eigenvalue weighted by Crippen LogP contribution is 2.42. The van der Waals surface area contributed by atoms with E-state index in [-0.39, 0.29) is 17.0 Å². The Balaban J connectivity index is 0.00000182. The van der Waals surface area contributed by atoms with Gasteiger partial charge >= 0.3 is 0 Å². The zero-order valence-electron chi connectivity index (χ0n) is 15.4. The molecule has 4 heteroatoms. The molecule has 2 bridgehead atoms. The molecular formula is C21H32BrNO2. The van der Waals surface area contributed by atoms with Crippen molar-refractivity contribution in [3.05, 3.63) is 35.9 Å². The van der Waals surface area contributed by atoms with Crippen LogP contribution in [0.15, 0.2) is 30.3 Å². The number of ether oxygens (including phenoxy) is 1. The lowest BCUT2D eigenvalue weighted by molar-refractivity contribution is -0.928. The summed E-state index contributed by atoms with van der Waals surface area (Å²) in [4.78, 5) is 0. The molecule has 1 saturated carbocycles. The van der Waals surface area contributed by atoms with Crippen molar-refractivity contribution in [2.24, 2.45) is 11.8 Å². The lowest BCUT2D eigenvalue weighted by Gasteiger charge is -2.50. The van der Waals surface area contributed by atoms with Crippen LogP contribution in [0.4, 0.5) is 0 Å². The maximum absolute atomic E-state index is 11.6. The van der Waals surface area contributed by atoms with Gasteiger partial charge in [0, 0.05) is 18.8 Å². The van der Waals surface area contributed by atoms with Gasteiger partial charge in [0.15, 0.2) is 0 Å². The first-order valence-electron chi connectivity index (χ1n) is 9.82. The van der Waals surface area contributed by atoms with Crippen LogP contribution >= 0.6 is 0 Å². The Bertz CT molecular complexity index is 552. The summed E-state index contributed by atoms with van der Waals surface area (Å²) in [6.07, 6.45) is 7.62. The minimum Gasteiger partial charge on any atom is -1.00 e. The van der Waals surface area contributed by atoms with E-state index < -0.39 is 5.60 Å². The lowest BCUT2D eigenvalue weighted by Crippen LogP contribution is -3.00. The molecule has 0 aromatic heterocycles. The van der Waals surface area contributed by atoms with Crippen molar-refractivity contribution in [2.75, 3.05) is 33.3 Å². The first-order chi connectivity index (χ1) is 11.6. The number of aliphatic hydroxyl groups is 1. The van der Waals surface area contributed by atoms with E-state index in [2.05, 4.69) is 19.2 Å². The standard InChI is InChI=1S/C21H32NO2.BrH/c1-22-13-11-17(12-14-22)20(15-22)24-16-21(23,19-9-5-6-10-19)18-7-3-2-4-8-18;/h2-4,7-8,17,19-20,23H,5-6,9-16H2,1H3;1H/q+1;/p-1/t17?,20-,21-,22?;/m0./s1. The fourth-order valence-corrected chi connectivity index (χ4v) is 5.34. The van der Waals surface area contributed by atoms with Crippen molar-refractivity contribution in [3.63, 3.8) is 0 Å². The molecule has 1 aliphatic carbocycles. The zero-order chi connectivity index (χ0) is 16.6. The van der Waals surface area contributed by atoms with E-state index in [1.807, 2.05) is 18.2 Å². The molecule has 4 aliphatic rings.